The summed E-state index contributed by atoms with van der Waals surface area (Å²) in [6, 6.07) is 0. The van der Waals surface area contributed by atoms with Crippen LogP contribution in [0.1, 0.15) is 27.6 Å². The number of ether oxygens (including phenoxy) is 2. The summed E-state index contributed by atoms with van der Waals surface area (Å²) in [5, 5.41) is 3.03. The van der Waals surface area contributed by atoms with Crippen molar-refractivity contribution in [3.8, 4) is 0 Å². The number of carbonyl (C=O) groups excluding carboxylic acids is 1. The van der Waals surface area contributed by atoms with Crippen molar-refractivity contribution in [3.05, 3.63) is 22.8 Å². The van der Waals surface area contributed by atoms with Gasteiger partial charge in [-0.3, -0.25) is 0 Å². The molecule has 2 rings (SSSR count). The maximum Gasteiger partial charge on any atom is 0.411 e. The van der Waals surface area contributed by atoms with Crippen molar-refractivity contribution in [1.29, 1.82) is 0 Å². The first-order valence-electron chi connectivity index (χ1n) is 6.23. The second-order valence-corrected chi connectivity index (χ2v) is 4.43. The molecule has 0 fully saturated rings. The summed E-state index contributed by atoms with van der Waals surface area (Å²) in [6.45, 7) is -0.543. The standard InChI is InChI=1S/C12H14F3N3O3/c1-20-11(19)10-7-4-16-5-8(7)17-9(18-10)2-3-21-6-12(13,14)15/h16H,2-6H2,1H3. The van der Waals surface area contributed by atoms with Gasteiger partial charge in [0.2, 0.25) is 0 Å². The van der Waals surface area contributed by atoms with E-state index >= 15 is 0 Å². The second-order valence-electron chi connectivity index (χ2n) is 4.43. The fraction of sp³-hybridized carbons (Fsp3) is 0.583. The predicted octanol–water partition coefficient (Wildman–Crippen LogP) is 0.988. The molecule has 6 nitrogen and oxygen atoms in total. The average molecular weight is 305 g/mol. The fourth-order valence-electron chi connectivity index (χ4n) is 1.95. The van der Waals surface area contributed by atoms with Crippen LogP contribution in [-0.4, -0.2) is 42.4 Å². The van der Waals surface area contributed by atoms with E-state index in [-0.39, 0.29) is 24.5 Å². The van der Waals surface area contributed by atoms with Crippen LogP contribution >= 0.6 is 0 Å². The van der Waals surface area contributed by atoms with Gasteiger partial charge in [0.05, 0.1) is 19.4 Å². The topological polar surface area (TPSA) is 73.3 Å². The first-order chi connectivity index (χ1) is 9.90. The van der Waals surface area contributed by atoms with Gasteiger partial charge in [0.1, 0.15) is 12.4 Å². The van der Waals surface area contributed by atoms with Crippen LogP contribution < -0.4 is 5.32 Å². The van der Waals surface area contributed by atoms with E-state index in [1.807, 2.05) is 0 Å². The summed E-state index contributed by atoms with van der Waals surface area (Å²) < 4.78 is 45.0. The molecule has 0 radical (unpaired) electrons. The molecule has 0 bridgehead atoms. The number of hydrogen-bond donors (Lipinski definition) is 1. The molecular formula is C12H14F3N3O3. The van der Waals surface area contributed by atoms with Gasteiger partial charge >= 0.3 is 12.1 Å². The molecule has 9 heteroatoms. The van der Waals surface area contributed by atoms with Crippen molar-refractivity contribution in [1.82, 2.24) is 15.3 Å². The van der Waals surface area contributed by atoms with Gasteiger partial charge in [0, 0.05) is 25.1 Å². The Hall–Kier alpha value is -1.74. The Balaban J connectivity index is 2.05. The molecule has 0 saturated heterocycles. The number of esters is 1. The molecule has 0 aromatic carbocycles. The third-order valence-corrected chi connectivity index (χ3v) is 2.85. The van der Waals surface area contributed by atoms with Crippen LogP contribution in [0.25, 0.3) is 0 Å². The maximum atomic E-state index is 12.0. The van der Waals surface area contributed by atoms with Crippen LogP contribution in [-0.2, 0) is 29.0 Å². The molecule has 0 amide bonds. The summed E-state index contributed by atoms with van der Waals surface area (Å²) in [6.07, 6.45) is -4.27. The van der Waals surface area contributed by atoms with Crippen LogP contribution in [0.4, 0.5) is 13.2 Å². The Kier molecular flexibility index (Phi) is 4.73. The highest BCUT2D eigenvalue weighted by molar-refractivity contribution is 5.89. The molecule has 1 aliphatic rings. The van der Waals surface area contributed by atoms with E-state index in [0.29, 0.717) is 24.3 Å². The van der Waals surface area contributed by atoms with Crippen LogP contribution in [0, 0.1) is 0 Å². The van der Waals surface area contributed by atoms with Gasteiger partial charge in [-0.25, -0.2) is 14.8 Å². The lowest BCUT2D eigenvalue weighted by Gasteiger charge is -2.09. The van der Waals surface area contributed by atoms with E-state index in [0.717, 1.165) is 0 Å². The molecule has 0 unspecified atom stereocenters. The fourth-order valence-corrected chi connectivity index (χ4v) is 1.95. The quantitative estimate of drug-likeness (QED) is 0.646. The molecule has 0 atom stereocenters. The van der Waals surface area contributed by atoms with Gasteiger partial charge in [-0.1, -0.05) is 0 Å². The molecule has 1 N–H and O–H groups in total. The first-order valence-corrected chi connectivity index (χ1v) is 6.23. The highest BCUT2D eigenvalue weighted by Gasteiger charge is 2.27. The van der Waals surface area contributed by atoms with E-state index in [9.17, 15) is 18.0 Å². The van der Waals surface area contributed by atoms with Crippen molar-refractivity contribution >= 4 is 5.97 Å². The van der Waals surface area contributed by atoms with E-state index in [1.165, 1.54) is 7.11 Å². The van der Waals surface area contributed by atoms with Gasteiger partial charge in [0.15, 0.2) is 5.69 Å². The minimum atomic E-state index is -4.36. The van der Waals surface area contributed by atoms with Gasteiger partial charge in [-0.15, -0.1) is 0 Å². The number of halogens is 3. The average Bonchev–Trinajstić information content (AvgIpc) is 2.89. The second kappa shape index (κ2) is 6.35. The van der Waals surface area contributed by atoms with E-state index in [1.54, 1.807) is 0 Å². The smallest absolute Gasteiger partial charge is 0.411 e. The van der Waals surface area contributed by atoms with Crippen molar-refractivity contribution < 1.29 is 27.4 Å². The van der Waals surface area contributed by atoms with Gasteiger partial charge in [-0.2, -0.15) is 13.2 Å². The van der Waals surface area contributed by atoms with Crippen LogP contribution in [0.15, 0.2) is 0 Å². The van der Waals surface area contributed by atoms with E-state index in [4.69, 9.17) is 0 Å². The Bertz CT molecular complexity index is 534. The van der Waals surface area contributed by atoms with Gasteiger partial charge in [0.25, 0.3) is 0 Å². The zero-order chi connectivity index (χ0) is 15.5. The molecule has 116 valence electrons. The third-order valence-electron chi connectivity index (χ3n) is 2.85. The van der Waals surface area contributed by atoms with Crippen LogP contribution in [0.3, 0.4) is 0 Å². The van der Waals surface area contributed by atoms with Crippen LogP contribution in [0.5, 0.6) is 0 Å². The summed E-state index contributed by atoms with van der Waals surface area (Å²) in [5.74, 6) is -0.324. The molecular weight excluding hydrogens is 291 g/mol. The Labute approximate surface area is 118 Å². The summed E-state index contributed by atoms with van der Waals surface area (Å²) in [5.41, 5.74) is 1.48. The van der Waals surface area contributed by atoms with Crippen molar-refractivity contribution in [2.24, 2.45) is 0 Å². The zero-order valence-electron chi connectivity index (χ0n) is 11.3. The van der Waals surface area contributed by atoms with Crippen molar-refractivity contribution in [3.63, 3.8) is 0 Å². The van der Waals surface area contributed by atoms with E-state index < -0.39 is 18.8 Å². The number of carbonyl (C=O) groups is 1. The highest BCUT2D eigenvalue weighted by Crippen LogP contribution is 2.18. The monoisotopic (exact) mass is 305 g/mol. The van der Waals surface area contributed by atoms with Gasteiger partial charge < -0.3 is 14.8 Å². The summed E-state index contributed by atoms with van der Waals surface area (Å²) in [7, 11) is 1.24. The Morgan fingerprint density at radius 1 is 1.33 bits per heavy atom. The van der Waals surface area contributed by atoms with Gasteiger partial charge in [-0.05, 0) is 0 Å². The Morgan fingerprint density at radius 3 is 2.76 bits per heavy atom. The lowest BCUT2D eigenvalue weighted by molar-refractivity contribution is -0.173. The number of nitrogens with zero attached hydrogens (tertiary/aromatic N) is 2. The van der Waals surface area contributed by atoms with Crippen molar-refractivity contribution in [2.45, 2.75) is 25.7 Å². The number of nitrogens with one attached hydrogen (secondary N) is 1. The largest absolute Gasteiger partial charge is 0.464 e. The zero-order valence-corrected chi connectivity index (χ0v) is 11.3. The number of aromatic nitrogens is 2. The minimum absolute atomic E-state index is 0.0906. The number of rotatable bonds is 5. The highest BCUT2D eigenvalue weighted by atomic mass is 19.4. The van der Waals surface area contributed by atoms with E-state index in [2.05, 4.69) is 24.8 Å². The Morgan fingerprint density at radius 2 is 2.10 bits per heavy atom. The SMILES string of the molecule is COC(=O)c1nc(CCOCC(F)(F)F)nc2c1CNC2. The molecule has 0 spiro atoms. The van der Waals surface area contributed by atoms with Crippen molar-refractivity contribution in [2.75, 3.05) is 20.3 Å². The molecule has 21 heavy (non-hydrogen) atoms. The maximum absolute atomic E-state index is 12.0. The summed E-state index contributed by atoms with van der Waals surface area (Å²) >= 11 is 0. The number of fused-ring (bicyclic) bond motifs is 1. The molecule has 0 aliphatic carbocycles. The predicted molar refractivity (Wildman–Crippen MR) is 64.5 cm³/mol. The first kappa shape index (κ1) is 15.6. The number of alkyl halides is 3. The van der Waals surface area contributed by atoms with Crippen LogP contribution in [0.2, 0.25) is 0 Å². The molecule has 1 aliphatic heterocycles. The molecule has 0 saturated carbocycles. The lowest BCUT2D eigenvalue weighted by atomic mass is 10.2. The molecule has 1 aromatic rings. The molecule has 1 aromatic heterocycles. The number of methoxy groups -OCH3 is 1. The molecule has 2 heterocycles. The number of hydrogen-bond acceptors (Lipinski definition) is 6. The third kappa shape index (κ3) is 4.11. The summed E-state index contributed by atoms with van der Waals surface area (Å²) in [4.78, 5) is 20.0. The minimum Gasteiger partial charge on any atom is -0.464 e. The normalized spacial score (nSPS) is 14.1. The lowest BCUT2D eigenvalue weighted by Crippen LogP contribution is -2.19.